The van der Waals surface area contributed by atoms with E-state index < -0.39 is 10.0 Å². The lowest BCUT2D eigenvalue weighted by molar-refractivity contribution is 0.188. The average molecular weight is 286 g/mol. The van der Waals surface area contributed by atoms with Crippen LogP contribution < -0.4 is 10.5 Å². The molecule has 0 spiro atoms. The molecule has 19 heavy (non-hydrogen) atoms. The van der Waals surface area contributed by atoms with Crippen molar-refractivity contribution in [1.82, 2.24) is 4.72 Å². The molecule has 1 aromatic rings. The van der Waals surface area contributed by atoms with Gasteiger partial charge in [0.1, 0.15) is 0 Å². The van der Waals surface area contributed by atoms with Crippen LogP contribution in [0.3, 0.4) is 0 Å². The largest absolute Gasteiger partial charge is 0.385 e. The second-order valence-electron chi connectivity index (χ2n) is 4.60. The van der Waals surface area contributed by atoms with Gasteiger partial charge in [-0.25, -0.2) is 13.1 Å². The molecule has 0 heterocycles. The fourth-order valence-corrected chi connectivity index (χ4v) is 3.11. The number of sulfonamides is 1. The number of hydrogen-bond donors (Lipinski definition) is 2. The zero-order chi connectivity index (χ0) is 14.5. The predicted octanol–water partition coefficient (Wildman–Crippen LogP) is 1.16. The molecule has 0 aliphatic heterocycles. The molecule has 3 N–H and O–H groups in total. The number of ether oxygens (including phenoxy) is 1. The molecule has 0 radical (unpaired) electrons. The summed E-state index contributed by atoms with van der Waals surface area (Å²) in [6.07, 6.45) is 0.635. The summed E-state index contributed by atoms with van der Waals surface area (Å²) < 4.78 is 31.9. The van der Waals surface area contributed by atoms with E-state index >= 15 is 0 Å². The average Bonchev–Trinajstić information content (AvgIpc) is 2.35. The molecule has 1 aromatic carbocycles. The van der Waals surface area contributed by atoms with E-state index in [2.05, 4.69) is 4.72 Å². The van der Waals surface area contributed by atoms with Gasteiger partial charge < -0.3 is 10.5 Å². The normalized spacial score (nSPS) is 13.5. The van der Waals surface area contributed by atoms with Crippen molar-refractivity contribution in [3.05, 3.63) is 29.3 Å². The van der Waals surface area contributed by atoms with E-state index in [1.165, 1.54) is 0 Å². The Kier molecular flexibility index (Phi) is 5.93. The Labute approximate surface area is 115 Å². The Bertz CT molecular complexity index is 515. The lowest BCUT2D eigenvalue weighted by Crippen LogP contribution is -2.33. The summed E-state index contributed by atoms with van der Waals surface area (Å²) in [7, 11) is -1.89. The molecule has 0 aliphatic carbocycles. The molecule has 108 valence electrons. The van der Waals surface area contributed by atoms with Gasteiger partial charge in [0.15, 0.2) is 0 Å². The number of nitrogens with one attached hydrogen (secondary N) is 1. The number of aryl methyl sites for hydroxylation is 1. The van der Waals surface area contributed by atoms with Crippen LogP contribution in [-0.2, 0) is 21.3 Å². The molecule has 1 rings (SSSR count). The van der Waals surface area contributed by atoms with Crippen molar-refractivity contribution in [3.8, 4) is 0 Å². The molecule has 1 atom stereocenters. The highest BCUT2D eigenvalue weighted by Gasteiger charge is 2.17. The topological polar surface area (TPSA) is 81.4 Å². The van der Waals surface area contributed by atoms with Gasteiger partial charge >= 0.3 is 0 Å². The molecule has 0 bridgehead atoms. The van der Waals surface area contributed by atoms with Crippen molar-refractivity contribution in [2.45, 2.75) is 37.8 Å². The van der Waals surface area contributed by atoms with E-state index in [-0.39, 0.29) is 10.9 Å². The van der Waals surface area contributed by atoms with Gasteiger partial charge in [0.2, 0.25) is 10.0 Å². The van der Waals surface area contributed by atoms with Gasteiger partial charge in [0, 0.05) is 26.3 Å². The third-order valence-electron chi connectivity index (χ3n) is 2.96. The highest BCUT2D eigenvalue weighted by atomic mass is 32.2. The van der Waals surface area contributed by atoms with Crippen LogP contribution in [0, 0.1) is 6.92 Å². The summed E-state index contributed by atoms with van der Waals surface area (Å²) in [5.41, 5.74) is 7.40. The van der Waals surface area contributed by atoms with Gasteiger partial charge in [-0.15, -0.1) is 0 Å². The molecule has 5 nitrogen and oxygen atoms in total. The third kappa shape index (κ3) is 4.58. The van der Waals surface area contributed by atoms with Crippen LogP contribution in [-0.4, -0.2) is 28.2 Å². The third-order valence-corrected chi connectivity index (χ3v) is 4.54. The molecular weight excluding hydrogens is 264 g/mol. The number of hydrogen-bond acceptors (Lipinski definition) is 4. The molecule has 0 fully saturated rings. The van der Waals surface area contributed by atoms with Crippen LogP contribution in [0.2, 0.25) is 0 Å². The molecule has 6 heteroatoms. The van der Waals surface area contributed by atoms with Crippen molar-refractivity contribution in [2.24, 2.45) is 5.73 Å². The van der Waals surface area contributed by atoms with Crippen LogP contribution in [0.25, 0.3) is 0 Å². The molecular formula is C13H22N2O3S. The van der Waals surface area contributed by atoms with E-state index in [1.54, 1.807) is 25.3 Å². The van der Waals surface area contributed by atoms with Crippen molar-refractivity contribution in [2.75, 3.05) is 13.7 Å². The number of methoxy groups -OCH3 is 1. The highest BCUT2D eigenvalue weighted by molar-refractivity contribution is 7.89. The van der Waals surface area contributed by atoms with E-state index in [4.69, 9.17) is 10.5 Å². The molecule has 0 aliphatic rings. The summed E-state index contributed by atoms with van der Waals surface area (Å²) in [5.74, 6) is 0. The Morgan fingerprint density at radius 3 is 2.63 bits per heavy atom. The maximum absolute atomic E-state index is 12.2. The standard InChI is InChI=1S/C13H22N2O3S/c1-10-8-13(5-4-12(10)9-14)19(16,17)15-11(2)6-7-18-3/h4-5,8,11,15H,6-7,9,14H2,1-3H3. The van der Waals surface area contributed by atoms with Crippen LogP contribution in [0.1, 0.15) is 24.5 Å². The van der Waals surface area contributed by atoms with E-state index in [0.29, 0.717) is 19.6 Å². The van der Waals surface area contributed by atoms with Gasteiger partial charge in [-0.2, -0.15) is 0 Å². The van der Waals surface area contributed by atoms with Gasteiger partial charge in [-0.1, -0.05) is 6.07 Å². The molecule has 0 saturated heterocycles. The minimum atomic E-state index is -3.48. The fourth-order valence-electron chi connectivity index (χ4n) is 1.75. The first-order valence-electron chi connectivity index (χ1n) is 6.21. The first-order valence-corrected chi connectivity index (χ1v) is 7.70. The molecule has 0 amide bonds. The summed E-state index contributed by atoms with van der Waals surface area (Å²) in [4.78, 5) is 0.270. The molecule has 1 unspecified atom stereocenters. The van der Waals surface area contributed by atoms with Crippen LogP contribution >= 0.6 is 0 Å². The molecule has 0 saturated carbocycles. The van der Waals surface area contributed by atoms with Gasteiger partial charge in [-0.05, 0) is 43.5 Å². The van der Waals surface area contributed by atoms with Crippen molar-refractivity contribution >= 4 is 10.0 Å². The monoisotopic (exact) mass is 286 g/mol. The zero-order valence-corrected chi connectivity index (χ0v) is 12.5. The number of nitrogens with two attached hydrogens (primary N) is 1. The zero-order valence-electron chi connectivity index (χ0n) is 11.6. The highest BCUT2D eigenvalue weighted by Crippen LogP contribution is 2.15. The first-order chi connectivity index (χ1) is 8.90. The lowest BCUT2D eigenvalue weighted by Gasteiger charge is -2.14. The summed E-state index contributed by atoms with van der Waals surface area (Å²) in [6, 6.07) is 4.82. The van der Waals surface area contributed by atoms with E-state index in [0.717, 1.165) is 11.1 Å². The smallest absolute Gasteiger partial charge is 0.240 e. The SMILES string of the molecule is COCCC(C)NS(=O)(=O)c1ccc(CN)c(C)c1. The summed E-state index contributed by atoms with van der Waals surface area (Å²) in [6.45, 7) is 4.60. The van der Waals surface area contributed by atoms with Crippen LogP contribution in [0.4, 0.5) is 0 Å². The lowest BCUT2D eigenvalue weighted by atomic mass is 10.1. The Balaban J connectivity index is 2.85. The van der Waals surface area contributed by atoms with Gasteiger partial charge in [0.05, 0.1) is 4.90 Å². The fraction of sp³-hybridized carbons (Fsp3) is 0.538. The maximum atomic E-state index is 12.2. The van der Waals surface area contributed by atoms with Crippen molar-refractivity contribution in [1.29, 1.82) is 0 Å². The maximum Gasteiger partial charge on any atom is 0.240 e. The summed E-state index contributed by atoms with van der Waals surface area (Å²) in [5, 5.41) is 0. The number of rotatable bonds is 7. The van der Waals surface area contributed by atoms with Crippen molar-refractivity contribution < 1.29 is 13.2 Å². The quantitative estimate of drug-likeness (QED) is 0.788. The van der Waals surface area contributed by atoms with Gasteiger partial charge in [0.25, 0.3) is 0 Å². The Hall–Kier alpha value is -0.950. The van der Waals surface area contributed by atoms with Crippen molar-refractivity contribution in [3.63, 3.8) is 0 Å². The minimum absolute atomic E-state index is 0.167. The van der Waals surface area contributed by atoms with E-state index in [1.807, 2.05) is 13.8 Å². The second-order valence-corrected chi connectivity index (χ2v) is 6.31. The Morgan fingerprint density at radius 2 is 2.11 bits per heavy atom. The Morgan fingerprint density at radius 1 is 1.42 bits per heavy atom. The van der Waals surface area contributed by atoms with E-state index in [9.17, 15) is 8.42 Å². The number of benzene rings is 1. The minimum Gasteiger partial charge on any atom is -0.385 e. The summed E-state index contributed by atoms with van der Waals surface area (Å²) >= 11 is 0. The molecule has 0 aromatic heterocycles. The first kappa shape index (κ1) is 16.1. The van der Waals surface area contributed by atoms with Crippen LogP contribution in [0.15, 0.2) is 23.1 Å². The predicted molar refractivity (Wildman–Crippen MR) is 75.3 cm³/mol. The van der Waals surface area contributed by atoms with Crippen LogP contribution in [0.5, 0.6) is 0 Å². The van der Waals surface area contributed by atoms with Gasteiger partial charge in [-0.3, -0.25) is 0 Å². The second kappa shape index (κ2) is 7.00.